The number of non-ortho nitro benzene ring substituents is 1. The Morgan fingerprint density at radius 1 is 0.939 bits per heavy atom. The summed E-state index contributed by atoms with van der Waals surface area (Å²) in [6.45, 7) is 0. The maximum Gasteiger partial charge on any atom is 0.298 e. The second kappa shape index (κ2) is 9.38. The van der Waals surface area contributed by atoms with E-state index < -0.39 is 54.3 Å². The molecule has 0 atom stereocenters. The number of aliphatic hydroxyl groups is 1. The summed E-state index contributed by atoms with van der Waals surface area (Å²) >= 11 is 0. The van der Waals surface area contributed by atoms with Gasteiger partial charge in [0.15, 0.2) is 17.2 Å². The van der Waals surface area contributed by atoms with Crippen molar-refractivity contribution in [3.05, 3.63) is 99.7 Å². The van der Waals surface area contributed by atoms with E-state index in [2.05, 4.69) is 10.2 Å². The van der Waals surface area contributed by atoms with Crippen molar-refractivity contribution in [2.24, 2.45) is 10.2 Å². The molecule has 0 fully saturated rings. The summed E-state index contributed by atoms with van der Waals surface area (Å²) in [5, 5.41) is 39.3. The van der Waals surface area contributed by atoms with E-state index in [9.17, 15) is 38.1 Å². The molecule has 0 aliphatic carbocycles. The van der Waals surface area contributed by atoms with Crippen molar-refractivity contribution in [2.45, 2.75) is 4.90 Å². The fourth-order valence-corrected chi connectivity index (χ4v) is 3.34. The Labute approximate surface area is 186 Å². The van der Waals surface area contributed by atoms with Crippen LogP contribution in [0.5, 0.6) is 5.75 Å². The maximum atomic E-state index is 13.0. The molecule has 0 bridgehead atoms. The highest BCUT2D eigenvalue weighted by Crippen LogP contribution is 2.38. The largest absolute Gasteiger partial charge is 0.505 e. The van der Waals surface area contributed by atoms with Crippen LogP contribution in [0.2, 0.25) is 0 Å². The van der Waals surface area contributed by atoms with Crippen LogP contribution >= 0.6 is 0 Å². The first kappa shape index (κ1) is 23.2. The highest BCUT2D eigenvalue weighted by atomic mass is 32.2. The molecular formula is C21H15N3O8S. The lowest BCUT2D eigenvalue weighted by Crippen LogP contribution is -2.04. The van der Waals surface area contributed by atoms with Gasteiger partial charge in [0.25, 0.3) is 15.8 Å². The minimum Gasteiger partial charge on any atom is -0.505 e. The number of nitro groups is 1. The minimum absolute atomic E-state index is 0.135. The van der Waals surface area contributed by atoms with Crippen molar-refractivity contribution < 1.29 is 32.9 Å². The number of benzene rings is 3. The third-order valence-electron chi connectivity index (χ3n) is 4.31. The predicted octanol–water partition coefficient (Wildman–Crippen LogP) is 4.44. The van der Waals surface area contributed by atoms with Gasteiger partial charge in [0.05, 0.1) is 4.92 Å². The van der Waals surface area contributed by atoms with Crippen LogP contribution in [-0.2, 0) is 10.1 Å². The lowest BCUT2D eigenvalue weighted by Gasteiger charge is -2.07. The summed E-state index contributed by atoms with van der Waals surface area (Å²) in [6.07, 6.45) is 0. The summed E-state index contributed by atoms with van der Waals surface area (Å²) < 4.78 is 32.3. The number of phenols is 1. The van der Waals surface area contributed by atoms with Gasteiger partial charge >= 0.3 is 0 Å². The number of azo groups is 1. The van der Waals surface area contributed by atoms with Gasteiger partial charge in [-0.25, -0.2) is 0 Å². The first-order chi connectivity index (χ1) is 15.6. The molecule has 33 heavy (non-hydrogen) atoms. The number of rotatable bonds is 7. The highest BCUT2D eigenvalue weighted by Gasteiger charge is 2.25. The zero-order chi connectivity index (χ0) is 24.2. The number of ketones is 1. The molecule has 12 heteroatoms. The molecule has 0 radical (unpaired) electrons. The third kappa shape index (κ3) is 5.26. The van der Waals surface area contributed by atoms with Gasteiger partial charge in [-0.3, -0.25) is 19.5 Å². The molecule has 0 spiro atoms. The highest BCUT2D eigenvalue weighted by molar-refractivity contribution is 7.86. The number of Topliss-reactive ketones (excluding diaryl/α,β-unsaturated/α-hetero) is 1. The normalized spacial score (nSPS) is 12.4. The molecule has 3 N–H and O–H groups in total. The molecule has 0 aliphatic rings. The lowest BCUT2D eigenvalue weighted by molar-refractivity contribution is -0.385. The molecule has 11 nitrogen and oxygen atoms in total. The van der Waals surface area contributed by atoms with Crippen molar-refractivity contribution in [2.75, 3.05) is 0 Å². The van der Waals surface area contributed by atoms with Crippen LogP contribution in [-0.4, -0.2) is 33.9 Å². The van der Waals surface area contributed by atoms with Gasteiger partial charge in [-0.05, 0) is 0 Å². The molecule has 0 unspecified atom stereocenters. The number of carbonyl (C=O) groups is 1. The molecule has 168 valence electrons. The topological polar surface area (TPSA) is 180 Å². The number of phenolic OH excluding ortho intramolecular Hbond substituents is 1. The van der Waals surface area contributed by atoms with E-state index in [1.165, 1.54) is 24.3 Å². The van der Waals surface area contributed by atoms with Crippen LogP contribution in [0.15, 0.2) is 93.6 Å². The second-order valence-electron chi connectivity index (χ2n) is 6.50. The van der Waals surface area contributed by atoms with E-state index >= 15 is 0 Å². The molecule has 0 saturated heterocycles. The molecule has 3 aromatic carbocycles. The average Bonchev–Trinajstić information content (AvgIpc) is 2.80. The van der Waals surface area contributed by atoms with Gasteiger partial charge in [0.1, 0.15) is 10.6 Å². The van der Waals surface area contributed by atoms with Gasteiger partial charge in [-0.15, -0.1) is 10.2 Å². The number of aromatic hydroxyl groups is 1. The summed E-state index contributed by atoms with van der Waals surface area (Å²) in [5.41, 5.74) is -1.78. The van der Waals surface area contributed by atoms with E-state index in [0.717, 1.165) is 0 Å². The number of hydrogen-bond donors (Lipinski definition) is 3. The van der Waals surface area contributed by atoms with Crippen LogP contribution in [0, 0.1) is 10.1 Å². The molecule has 0 aliphatic heterocycles. The van der Waals surface area contributed by atoms with Crippen molar-refractivity contribution >= 4 is 33.0 Å². The smallest absolute Gasteiger partial charge is 0.298 e. The number of carbonyl (C=O) groups excluding carboxylic acids is 1. The van der Waals surface area contributed by atoms with Crippen LogP contribution in [0.25, 0.3) is 5.76 Å². The standard InChI is InChI=1S/C21H15N3O8S/c25-19(13-7-3-1-4-8-13)18(20(26)14-9-5-2-6-10-14)23-22-16-11-15(24(28)29)12-17(21(16)27)33(30,31)32/h1-12,25,27H,(H,30,31,32)/b19-18-,23-22?. The SMILES string of the molecule is O=C(/C(N=Nc1cc([N+](=O)[O-])cc(S(=O)(=O)O)c1O)=C(/O)c1ccccc1)c1ccccc1. The summed E-state index contributed by atoms with van der Waals surface area (Å²) in [7, 11) is -5.05. The Bertz CT molecular complexity index is 1390. The Hall–Kier alpha value is -4.42. The van der Waals surface area contributed by atoms with Crippen LogP contribution in [0.1, 0.15) is 15.9 Å². The van der Waals surface area contributed by atoms with Crippen LogP contribution in [0.3, 0.4) is 0 Å². The van der Waals surface area contributed by atoms with Crippen LogP contribution < -0.4 is 0 Å². The van der Waals surface area contributed by atoms with Gasteiger partial charge in [0.2, 0.25) is 5.78 Å². The van der Waals surface area contributed by atoms with Gasteiger partial charge in [0, 0.05) is 23.3 Å². The van der Waals surface area contributed by atoms with E-state index in [-0.39, 0.29) is 11.1 Å². The third-order valence-corrected chi connectivity index (χ3v) is 5.18. The van der Waals surface area contributed by atoms with Crippen molar-refractivity contribution in [1.29, 1.82) is 0 Å². The zero-order valence-corrected chi connectivity index (χ0v) is 17.4. The van der Waals surface area contributed by atoms with Gasteiger partial charge < -0.3 is 10.2 Å². The fraction of sp³-hybridized carbons (Fsp3) is 0. The monoisotopic (exact) mass is 469 g/mol. The number of hydrogen-bond acceptors (Lipinski definition) is 9. The summed E-state index contributed by atoms with van der Waals surface area (Å²) in [5.74, 6) is -2.47. The Kier molecular flexibility index (Phi) is 6.61. The van der Waals surface area contributed by atoms with E-state index in [1.807, 2.05) is 0 Å². The number of allylic oxidation sites excluding steroid dienone is 1. The Morgan fingerprint density at radius 3 is 2.00 bits per heavy atom. The Balaban J connectivity index is 2.20. The number of nitro benzene ring substituents is 1. The van der Waals surface area contributed by atoms with Gasteiger partial charge in [-0.1, -0.05) is 60.7 Å². The van der Waals surface area contributed by atoms with E-state index in [1.54, 1.807) is 36.4 Å². The Morgan fingerprint density at radius 2 is 1.48 bits per heavy atom. The fourth-order valence-electron chi connectivity index (χ4n) is 2.72. The molecule has 0 amide bonds. The maximum absolute atomic E-state index is 13.0. The van der Waals surface area contributed by atoms with E-state index in [0.29, 0.717) is 12.1 Å². The summed E-state index contributed by atoms with van der Waals surface area (Å²) in [6, 6.07) is 16.7. The first-order valence-electron chi connectivity index (χ1n) is 9.08. The zero-order valence-electron chi connectivity index (χ0n) is 16.6. The number of aliphatic hydroxyl groups excluding tert-OH is 1. The average molecular weight is 469 g/mol. The second-order valence-corrected chi connectivity index (χ2v) is 7.89. The molecule has 3 rings (SSSR count). The quantitative estimate of drug-likeness (QED) is 0.0863. The molecular weight excluding hydrogens is 454 g/mol. The van der Waals surface area contributed by atoms with Crippen molar-refractivity contribution in [1.82, 2.24) is 0 Å². The van der Waals surface area contributed by atoms with Gasteiger partial charge in [-0.2, -0.15) is 8.42 Å². The first-order valence-corrected chi connectivity index (χ1v) is 10.5. The van der Waals surface area contributed by atoms with Crippen molar-refractivity contribution in [3.63, 3.8) is 0 Å². The van der Waals surface area contributed by atoms with Crippen LogP contribution in [0.4, 0.5) is 11.4 Å². The molecule has 0 heterocycles. The number of nitrogens with zero attached hydrogens (tertiary/aromatic N) is 3. The molecule has 3 aromatic rings. The summed E-state index contributed by atoms with van der Waals surface area (Å²) in [4.78, 5) is 22.0. The van der Waals surface area contributed by atoms with E-state index in [4.69, 9.17) is 0 Å². The lowest BCUT2D eigenvalue weighted by atomic mass is 10.1. The van der Waals surface area contributed by atoms with Crippen molar-refractivity contribution in [3.8, 4) is 5.75 Å². The molecule has 0 saturated carbocycles. The minimum atomic E-state index is -5.05. The predicted molar refractivity (Wildman–Crippen MR) is 116 cm³/mol. The molecule has 0 aromatic heterocycles.